The van der Waals surface area contributed by atoms with E-state index in [0.29, 0.717) is 13.0 Å². The average molecular weight is 198 g/mol. The Labute approximate surface area is 83.5 Å². The smallest absolute Gasteiger partial charge is 0.310 e. The van der Waals surface area contributed by atoms with E-state index in [0.717, 1.165) is 6.42 Å². The molecular weight excluding hydrogens is 184 g/mol. The number of carbonyl (C=O) groups is 1. The molecule has 4 heteroatoms. The predicted molar refractivity (Wildman–Crippen MR) is 49.3 cm³/mol. The second-order valence-corrected chi connectivity index (χ2v) is 3.04. The maximum Gasteiger partial charge on any atom is 0.310 e. The third-order valence-corrected chi connectivity index (χ3v) is 1.99. The lowest BCUT2D eigenvalue weighted by Gasteiger charge is -2.28. The molecule has 0 aliphatic carbocycles. The van der Waals surface area contributed by atoms with Crippen LogP contribution >= 0.6 is 0 Å². The molecule has 0 aromatic rings. The highest BCUT2D eigenvalue weighted by atomic mass is 16.7. The number of methoxy groups -OCH3 is 1. The molecule has 0 spiro atoms. The molecule has 1 fully saturated rings. The molecule has 1 saturated heterocycles. The minimum atomic E-state index is -0.505. The fraction of sp³-hybridized carbons (Fsp3) is 0.700. The summed E-state index contributed by atoms with van der Waals surface area (Å²) in [6, 6.07) is 0. The Morgan fingerprint density at radius 1 is 1.71 bits per heavy atom. The van der Waals surface area contributed by atoms with Gasteiger partial charge in [-0.15, -0.1) is 12.3 Å². The van der Waals surface area contributed by atoms with Crippen LogP contribution in [0.1, 0.15) is 19.3 Å². The van der Waals surface area contributed by atoms with Gasteiger partial charge < -0.3 is 14.2 Å². The van der Waals surface area contributed by atoms with Crippen LogP contribution < -0.4 is 0 Å². The molecule has 78 valence electrons. The van der Waals surface area contributed by atoms with Crippen LogP contribution in [0.3, 0.4) is 0 Å². The number of rotatable bonds is 3. The normalized spacial score (nSPS) is 26.6. The fourth-order valence-electron chi connectivity index (χ4n) is 1.26. The van der Waals surface area contributed by atoms with Crippen molar-refractivity contribution in [1.82, 2.24) is 0 Å². The minimum Gasteiger partial charge on any atom is -0.469 e. The van der Waals surface area contributed by atoms with E-state index in [1.165, 1.54) is 7.11 Å². The van der Waals surface area contributed by atoms with Crippen molar-refractivity contribution in [3.8, 4) is 12.3 Å². The molecule has 2 atom stereocenters. The van der Waals surface area contributed by atoms with Crippen LogP contribution in [0.4, 0.5) is 0 Å². The van der Waals surface area contributed by atoms with Gasteiger partial charge in [0.2, 0.25) is 0 Å². The number of esters is 1. The van der Waals surface area contributed by atoms with E-state index in [2.05, 4.69) is 10.7 Å². The Balaban J connectivity index is 2.33. The van der Waals surface area contributed by atoms with E-state index in [9.17, 15) is 4.79 Å². The molecule has 0 saturated carbocycles. The van der Waals surface area contributed by atoms with E-state index >= 15 is 0 Å². The van der Waals surface area contributed by atoms with Crippen LogP contribution in [0.25, 0.3) is 0 Å². The maximum atomic E-state index is 10.9. The van der Waals surface area contributed by atoms with Crippen LogP contribution in [0.5, 0.6) is 0 Å². The summed E-state index contributed by atoms with van der Waals surface area (Å²) in [5, 5.41) is 0. The number of terminal acetylenes is 1. The zero-order valence-electron chi connectivity index (χ0n) is 8.19. The van der Waals surface area contributed by atoms with Crippen molar-refractivity contribution in [1.29, 1.82) is 0 Å². The summed E-state index contributed by atoms with van der Waals surface area (Å²) >= 11 is 0. The standard InChI is InChI=1S/C10H14O4/c1-3-4-8-5-6-13-10(14-8)7-9(11)12-2/h1,8,10H,4-7H2,2H3/t8-,10+/m0/s1. The average Bonchev–Trinajstić information content (AvgIpc) is 2.19. The van der Waals surface area contributed by atoms with E-state index in [-0.39, 0.29) is 18.5 Å². The first-order valence-electron chi connectivity index (χ1n) is 4.53. The van der Waals surface area contributed by atoms with Crippen LogP contribution in [-0.2, 0) is 19.0 Å². The van der Waals surface area contributed by atoms with Gasteiger partial charge in [0.25, 0.3) is 0 Å². The Kier molecular flexibility index (Phi) is 4.44. The zero-order valence-corrected chi connectivity index (χ0v) is 8.19. The summed E-state index contributed by atoms with van der Waals surface area (Å²) in [6.07, 6.45) is 6.13. The van der Waals surface area contributed by atoms with Gasteiger partial charge in [0, 0.05) is 6.42 Å². The lowest BCUT2D eigenvalue weighted by molar-refractivity contribution is -0.216. The van der Waals surface area contributed by atoms with E-state index in [4.69, 9.17) is 15.9 Å². The van der Waals surface area contributed by atoms with Gasteiger partial charge in [0.05, 0.1) is 26.2 Å². The maximum absolute atomic E-state index is 10.9. The molecule has 0 aromatic carbocycles. The van der Waals surface area contributed by atoms with Crippen molar-refractivity contribution in [3.63, 3.8) is 0 Å². The highest BCUT2D eigenvalue weighted by Crippen LogP contribution is 2.17. The quantitative estimate of drug-likeness (QED) is 0.494. The molecule has 0 radical (unpaired) electrons. The van der Waals surface area contributed by atoms with E-state index < -0.39 is 6.29 Å². The van der Waals surface area contributed by atoms with Crippen LogP contribution in [0.15, 0.2) is 0 Å². The summed E-state index contributed by atoms with van der Waals surface area (Å²) in [4.78, 5) is 10.9. The number of hydrogen-bond donors (Lipinski definition) is 0. The molecular formula is C10H14O4. The molecule has 1 aliphatic heterocycles. The Hall–Kier alpha value is -1.05. The fourth-order valence-corrected chi connectivity index (χ4v) is 1.26. The highest BCUT2D eigenvalue weighted by molar-refractivity contribution is 5.69. The molecule has 14 heavy (non-hydrogen) atoms. The van der Waals surface area contributed by atoms with E-state index in [1.54, 1.807) is 0 Å². The monoisotopic (exact) mass is 198 g/mol. The number of carbonyl (C=O) groups excluding carboxylic acids is 1. The molecule has 1 aliphatic rings. The molecule has 0 N–H and O–H groups in total. The SMILES string of the molecule is C#CC[C@H]1CCO[C@@H](CC(=O)OC)O1. The molecule has 0 bridgehead atoms. The third-order valence-electron chi connectivity index (χ3n) is 1.99. The van der Waals surface area contributed by atoms with Gasteiger partial charge in [-0.05, 0) is 6.42 Å². The summed E-state index contributed by atoms with van der Waals surface area (Å²) in [5.41, 5.74) is 0. The predicted octanol–water partition coefficient (Wildman–Crippen LogP) is 0.704. The third kappa shape index (κ3) is 3.36. The second kappa shape index (κ2) is 5.63. The molecule has 0 amide bonds. The van der Waals surface area contributed by atoms with Crippen LogP contribution in [0.2, 0.25) is 0 Å². The molecule has 1 heterocycles. The minimum absolute atomic E-state index is 0.00315. The van der Waals surface area contributed by atoms with Gasteiger partial charge in [0.15, 0.2) is 6.29 Å². The van der Waals surface area contributed by atoms with Gasteiger partial charge in [-0.25, -0.2) is 0 Å². The molecule has 0 aromatic heterocycles. The van der Waals surface area contributed by atoms with Crippen molar-refractivity contribution in [3.05, 3.63) is 0 Å². The molecule has 1 rings (SSSR count). The summed E-state index contributed by atoms with van der Waals surface area (Å²) in [5.74, 6) is 2.19. The molecule has 4 nitrogen and oxygen atoms in total. The van der Waals surface area contributed by atoms with Gasteiger partial charge in [-0.1, -0.05) is 0 Å². The Bertz CT molecular complexity index is 231. The van der Waals surface area contributed by atoms with Crippen molar-refractivity contribution in [2.75, 3.05) is 13.7 Å². The first-order valence-corrected chi connectivity index (χ1v) is 4.53. The second-order valence-electron chi connectivity index (χ2n) is 3.04. The van der Waals surface area contributed by atoms with Crippen molar-refractivity contribution < 1.29 is 19.0 Å². The first kappa shape index (κ1) is 11.0. The first-order chi connectivity index (χ1) is 6.76. The molecule has 0 unspecified atom stereocenters. The summed E-state index contributed by atoms with van der Waals surface area (Å²) in [7, 11) is 1.34. The van der Waals surface area contributed by atoms with Crippen LogP contribution in [-0.4, -0.2) is 32.1 Å². The number of hydrogen-bond acceptors (Lipinski definition) is 4. The number of ether oxygens (including phenoxy) is 3. The topological polar surface area (TPSA) is 44.8 Å². The lowest BCUT2D eigenvalue weighted by Crippen LogP contribution is -2.33. The van der Waals surface area contributed by atoms with Crippen LogP contribution in [0, 0.1) is 12.3 Å². The van der Waals surface area contributed by atoms with Gasteiger partial charge in [0.1, 0.15) is 0 Å². The summed E-state index contributed by atoms with van der Waals surface area (Å²) < 4.78 is 15.2. The van der Waals surface area contributed by atoms with Crippen molar-refractivity contribution in [2.45, 2.75) is 31.7 Å². The summed E-state index contributed by atoms with van der Waals surface area (Å²) in [6.45, 7) is 0.577. The lowest BCUT2D eigenvalue weighted by atomic mass is 10.2. The van der Waals surface area contributed by atoms with Gasteiger partial charge in [-0.2, -0.15) is 0 Å². The zero-order chi connectivity index (χ0) is 10.4. The van der Waals surface area contributed by atoms with E-state index in [1.807, 2.05) is 0 Å². The van der Waals surface area contributed by atoms with Crippen molar-refractivity contribution in [2.24, 2.45) is 0 Å². The van der Waals surface area contributed by atoms with Gasteiger partial charge >= 0.3 is 5.97 Å². The Morgan fingerprint density at radius 3 is 3.14 bits per heavy atom. The largest absolute Gasteiger partial charge is 0.469 e. The Morgan fingerprint density at radius 2 is 2.50 bits per heavy atom. The highest BCUT2D eigenvalue weighted by Gasteiger charge is 2.24. The van der Waals surface area contributed by atoms with Gasteiger partial charge in [-0.3, -0.25) is 4.79 Å². The van der Waals surface area contributed by atoms with Crippen molar-refractivity contribution >= 4 is 5.97 Å².